The van der Waals surface area contributed by atoms with E-state index in [4.69, 9.17) is 5.84 Å². The molecule has 0 aliphatic rings. The van der Waals surface area contributed by atoms with Crippen LogP contribution in [0.25, 0.3) is 0 Å². The zero-order valence-corrected chi connectivity index (χ0v) is 9.26. The van der Waals surface area contributed by atoms with Gasteiger partial charge in [-0.3, -0.25) is 15.0 Å². The van der Waals surface area contributed by atoms with E-state index < -0.39 is 23.6 Å². The number of hydrogen-bond acceptors (Lipinski definition) is 3. The number of hydrazine groups is 1. The maximum Gasteiger partial charge on any atom is 0.416 e. The molecule has 0 saturated heterocycles. The molecule has 98 valence electrons. The molecule has 0 spiro atoms. The fourth-order valence-electron chi connectivity index (χ4n) is 1.32. The predicted molar refractivity (Wildman–Crippen MR) is 57.1 cm³/mol. The van der Waals surface area contributed by atoms with Crippen LogP contribution in [0.5, 0.6) is 0 Å². The highest BCUT2D eigenvalue weighted by Crippen LogP contribution is 2.34. The normalized spacial score (nSPS) is 10.9. The van der Waals surface area contributed by atoms with E-state index in [0.29, 0.717) is 0 Å². The molecule has 5 nitrogen and oxygen atoms in total. The third kappa shape index (κ3) is 2.98. The van der Waals surface area contributed by atoms with Crippen molar-refractivity contribution in [1.29, 1.82) is 0 Å². The summed E-state index contributed by atoms with van der Waals surface area (Å²) in [6, 6.07) is 3.27. The molecule has 4 N–H and O–H groups in total. The minimum Gasteiger partial charge on any atom is -0.317 e. The first-order valence-corrected chi connectivity index (χ1v) is 4.76. The molecule has 0 aliphatic carbocycles. The number of nitrogens with two attached hydrogens (primary N) is 1. The average Bonchev–Trinajstić information content (AvgIpc) is 2.29. The molecule has 1 aromatic rings. The first kappa shape index (κ1) is 14.0. The van der Waals surface area contributed by atoms with Gasteiger partial charge in [0.25, 0.3) is 0 Å². The van der Waals surface area contributed by atoms with Crippen LogP contribution in [-0.2, 0) is 15.8 Å². The highest BCUT2D eigenvalue weighted by Gasteiger charge is 2.33. The Morgan fingerprint density at radius 3 is 2.33 bits per heavy atom. The molecule has 0 atom stereocenters. The van der Waals surface area contributed by atoms with Crippen molar-refractivity contribution in [2.75, 3.05) is 5.32 Å². The van der Waals surface area contributed by atoms with Crippen LogP contribution in [0.4, 0.5) is 18.9 Å². The summed E-state index contributed by atoms with van der Waals surface area (Å²) >= 11 is 0. The van der Waals surface area contributed by atoms with Crippen LogP contribution in [-0.4, -0.2) is 11.8 Å². The van der Waals surface area contributed by atoms with E-state index in [-0.39, 0.29) is 11.3 Å². The van der Waals surface area contributed by atoms with Gasteiger partial charge in [0.05, 0.1) is 5.56 Å². The molecule has 0 heterocycles. The lowest BCUT2D eigenvalue weighted by molar-refractivity contribution is -0.138. The molecule has 0 saturated carbocycles. The van der Waals surface area contributed by atoms with Gasteiger partial charge in [-0.25, -0.2) is 5.84 Å². The van der Waals surface area contributed by atoms with E-state index in [2.05, 4.69) is 0 Å². The van der Waals surface area contributed by atoms with Gasteiger partial charge in [-0.2, -0.15) is 13.2 Å². The monoisotopic (exact) mass is 261 g/mol. The summed E-state index contributed by atoms with van der Waals surface area (Å²) in [7, 11) is 0. The molecular weight excluding hydrogens is 251 g/mol. The van der Waals surface area contributed by atoms with Crippen LogP contribution in [0.1, 0.15) is 11.1 Å². The Morgan fingerprint density at radius 2 is 1.83 bits per heavy atom. The Labute approximate surface area is 100 Å². The van der Waals surface area contributed by atoms with E-state index in [1.165, 1.54) is 13.0 Å². The number of alkyl halides is 3. The van der Waals surface area contributed by atoms with E-state index in [1.54, 1.807) is 5.43 Å². The summed E-state index contributed by atoms with van der Waals surface area (Å²) in [4.78, 5) is 22.0. The molecule has 1 aromatic carbocycles. The van der Waals surface area contributed by atoms with E-state index in [9.17, 15) is 22.8 Å². The fourth-order valence-corrected chi connectivity index (χ4v) is 1.32. The summed E-state index contributed by atoms with van der Waals surface area (Å²) in [6.07, 6.45) is -4.53. The lowest BCUT2D eigenvalue weighted by Crippen LogP contribution is -2.39. The van der Waals surface area contributed by atoms with Crippen LogP contribution in [0.15, 0.2) is 18.2 Å². The summed E-state index contributed by atoms with van der Waals surface area (Å²) in [6.45, 7) is 1.19. The van der Waals surface area contributed by atoms with E-state index in [1.807, 2.05) is 5.32 Å². The average molecular weight is 261 g/mol. The molecule has 0 bridgehead atoms. The van der Waals surface area contributed by atoms with Gasteiger partial charge in [-0.15, -0.1) is 0 Å². The molecule has 0 aromatic heterocycles. The first-order valence-electron chi connectivity index (χ1n) is 4.76. The summed E-state index contributed by atoms with van der Waals surface area (Å²) in [5.41, 5.74) is 0.419. The third-order valence-corrected chi connectivity index (χ3v) is 2.22. The van der Waals surface area contributed by atoms with Crippen LogP contribution in [0.2, 0.25) is 0 Å². The summed E-state index contributed by atoms with van der Waals surface area (Å²) < 4.78 is 37.7. The van der Waals surface area contributed by atoms with Crippen molar-refractivity contribution < 1.29 is 22.8 Å². The Kier molecular flexibility index (Phi) is 3.92. The summed E-state index contributed by atoms with van der Waals surface area (Å²) in [5, 5.41) is 2.04. The number of anilines is 1. The maximum absolute atomic E-state index is 12.6. The van der Waals surface area contributed by atoms with Crippen molar-refractivity contribution >= 4 is 17.5 Å². The van der Waals surface area contributed by atoms with Crippen molar-refractivity contribution in [1.82, 2.24) is 5.43 Å². The van der Waals surface area contributed by atoms with Crippen molar-refractivity contribution in [2.24, 2.45) is 5.84 Å². The second kappa shape index (κ2) is 5.05. The maximum atomic E-state index is 12.6. The highest BCUT2D eigenvalue weighted by atomic mass is 19.4. The highest BCUT2D eigenvalue weighted by molar-refractivity contribution is 6.39. The Morgan fingerprint density at radius 1 is 1.22 bits per heavy atom. The second-order valence-electron chi connectivity index (χ2n) is 3.40. The van der Waals surface area contributed by atoms with Gasteiger partial charge in [0, 0.05) is 5.69 Å². The Bertz CT molecular complexity index is 486. The minimum atomic E-state index is -4.53. The molecule has 8 heteroatoms. The molecule has 2 amide bonds. The van der Waals surface area contributed by atoms with Gasteiger partial charge in [-0.05, 0) is 24.6 Å². The fraction of sp³-hybridized carbons (Fsp3) is 0.200. The minimum absolute atomic E-state index is 0.0987. The number of carbonyl (C=O) groups excluding carboxylic acids is 2. The van der Waals surface area contributed by atoms with E-state index >= 15 is 0 Å². The van der Waals surface area contributed by atoms with Crippen LogP contribution >= 0.6 is 0 Å². The van der Waals surface area contributed by atoms with Gasteiger partial charge in [0.1, 0.15) is 0 Å². The van der Waals surface area contributed by atoms with Gasteiger partial charge < -0.3 is 5.32 Å². The molecule has 0 aliphatic heterocycles. The SMILES string of the molecule is Cc1c(NC(=O)C(=O)NN)cccc1C(F)(F)F. The van der Waals surface area contributed by atoms with Gasteiger partial charge in [-0.1, -0.05) is 6.07 Å². The van der Waals surface area contributed by atoms with Gasteiger partial charge in [0.2, 0.25) is 0 Å². The first-order chi connectivity index (χ1) is 8.27. The standard InChI is InChI=1S/C10H10F3N3O2/c1-5-6(10(11,12)13)3-2-4-7(5)15-8(17)9(18)16-14/h2-4H,14H2,1H3,(H,15,17)(H,16,18). The van der Waals surface area contributed by atoms with Gasteiger partial charge >= 0.3 is 18.0 Å². The molecule has 18 heavy (non-hydrogen) atoms. The number of carbonyl (C=O) groups is 2. The number of nitrogens with one attached hydrogen (secondary N) is 2. The zero-order chi connectivity index (χ0) is 13.9. The lowest BCUT2D eigenvalue weighted by atomic mass is 10.1. The van der Waals surface area contributed by atoms with Crippen LogP contribution in [0.3, 0.4) is 0 Å². The molecule has 0 fully saturated rings. The molecule has 0 unspecified atom stereocenters. The quantitative estimate of drug-likeness (QED) is 0.304. The second-order valence-corrected chi connectivity index (χ2v) is 3.40. The number of amides is 2. The zero-order valence-electron chi connectivity index (χ0n) is 9.26. The lowest BCUT2D eigenvalue weighted by Gasteiger charge is -2.14. The number of benzene rings is 1. The van der Waals surface area contributed by atoms with Crippen LogP contribution in [0, 0.1) is 6.92 Å². The van der Waals surface area contributed by atoms with Crippen molar-refractivity contribution in [3.05, 3.63) is 29.3 Å². The smallest absolute Gasteiger partial charge is 0.317 e. The van der Waals surface area contributed by atoms with E-state index in [0.717, 1.165) is 12.1 Å². The van der Waals surface area contributed by atoms with Crippen LogP contribution < -0.4 is 16.6 Å². The Hall–Kier alpha value is -2.09. The van der Waals surface area contributed by atoms with Gasteiger partial charge in [0.15, 0.2) is 0 Å². The molecule has 0 radical (unpaired) electrons. The van der Waals surface area contributed by atoms with Crippen molar-refractivity contribution in [3.8, 4) is 0 Å². The third-order valence-electron chi connectivity index (χ3n) is 2.22. The van der Waals surface area contributed by atoms with Crippen molar-refractivity contribution in [2.45, 2.75) is 13.1 Å². The molecule has 1 rings (SSSR count). The summed E-state index contributed by atoms with van der Waals surface area (Å²) in [5.74, 6) is 2.44. The topological polar surface area (TPSA) is 84.2 Å². The number of halogens is 3. The van der Waals surface area contributed by atoms with Crippen molar-refractivity contribution in [3.63, 3.8) is 0 Å². The number of hydrogen-bond donors (Lipinski definition) is 3. The largest absolute Gasteiger partial charge is 0.416 e. The molecular formula is C10H10F3N3O2. The number of rotatable bonds is 1. The predicted octanol–water partition coefficient (Wildman–Crippen LogP) is 0.942. The Balaban J connectivity index is 3.06.